The van der Waals surface area contributed by atoms with Crippen molar-refractivity contribution in [2.45, 2.75) is 75.7 Å². The van der Waals surface area contributed by atoms with Gasteiger partial charge in [0.05, 0.1) is 130 Å². The Balaban J connectivity index is 0.000000172. The van der Waals surface area contributed by atoms with Crippen LogP contribution in [0.1, 0.15) is 103 Å². The van der Waals surface area contributed by atoms with Gasteiger partial charge in [-0.25, -0.2) is 4.79 Å². The van der Waals surface area contributed by atoms with Crippen LogP contribution in [-0.2, 0) is 6.42 Å². The number of hydrogen-bond acceptors (Lipinski definition) is 26. The molecule has 31 heteroatoms. The standard InChI is InChI=1S/C26H28N2O5.C23H30N2O6.C22H28N2O6.C21H26N2O6/c1-30-20-9-11-21(12-10-20)33-17-23-22-16-25(32-3)24(31-2)15-18(22)13-14-28(23)26(29)27-19-7-5-4-6-8-19;1-13(2)25-12-17(15-10-20(30-5)21(31-6)11-16(15)23(25)27)22(26)24-18-8-7-14(28-3)9-19(18)29-4;1-6-24-12-16(14-10-19(29-4)20(30-5)11-15(14)22(24)26)21(25)23-17-8-7-13(27-2)9-18(17)28-3;1-23-11-15(13-9-18(28-4)19(29-5)10-14(13)21(23)25)20(24)22-16-7-6-12(26-2)8-17(16)27-3/h4-12,15-16,23H,13-14,17H2,1-3H3,(H,27,29);7-11,13,17,22,24,26H,12H2,1-6H3;7-11,16,21,23,25H,6,12H2,1-5H3;6-10,15,20,22,24H,11H2,1-5H3. The summed E-state index contributed by atoms with van der Waals surface area (Å²) in [5.74, 6) is 7.73. The number of benzene rings is 9. The Kier molecular flexibility index (Phi) is 32.0. The lowest BCUT2D eigenvalue weighted by Crippen LogP contribution is -2.48. The monoisotopic (exact) mass is 1700 g/mol. The van der Waals surface area contributed by atoms with Gasteiger partial charge in [-0.1, -0.05) is 18.2 Å². The molecule has 4 heterocycles. The van der Waals surface area contributed by atoms with E-state index in [2.05, 4.69) is 21.3 Å². The van der Waals surface area contributed by atoms with Crippen LogP contribution < -0.4 is 97.1 Å². The van der Waals surface area contributed by atoms with Crippen molar-refractivity contribution in [3.05, 3.63) is 202 Å². The third-order valence-corrected chi connectivity index (χ3v) is 21.8. The molecule has 5 amide bonds. The second-order valence-electron chi connectivity index (χ2n) is 28.9. The average Bonchev–Trinajstić information content (AvgIpc) is 0.770. The van der Waals surface area contributed by atoms with E-state index >= 15 is 0 Å². The van der Waals surface area contributed by atoms with Gasteiger partial charge in [-0.05, 0) is 176 Å². The van der Waals surface area contributed by atoms with Gasteiger partial charge in [0.1, 0.15) is 71.3 Å². The van der Waals surface area contributed by atoms with E-state index in [9.17, 15) is 34.5 Å². The van der Waals surface area contributed by atoms with Crippen LogP contribution in [0, 0.1) is 0 Å². The number of aliphatic hydroxyl groups is 3. The van der Waals surface area contributed by atoms with Crippen molar-refractivity contribution in [3.8, 4) is 92.0 Å². The summed E-state index contributed by atoms with van der Waals surface area (Å²) in [4.78, 5) is 58.8. The molecule has 7 atom stereocenters. The van der Waals surface area contributed by atoms with E-state index in [1.807, 2.05) is 92.4 Å². The highest BCUT2D eigenvalue weighted by molar-refractivity contribution is 6.00. The summed E-state index contributed by atoms with van der Waals surface area (Å²) >= 11 is 0. The highest BCUT2D eigenvalue weighted by Crippen LogP contribution is 2.46. The van der Waals surface area contributed by atoms with Gasteiger partial charge in [0.15, 0.2) is 46.0 Å². The number of ether oxygens (including phenoxy) is 16. The first-order chi connectivity index (χ1) is 59.3. The Morgan fingerprint density at radius 1 is 0.398 bits per heavy atom. The van der Waals surface area contributed by atoms with Crippen molar-refractivity contribution >= 4 is 46.5 Å². The van der Waals surface area contributed by atoms with E-state index in [1.165, 1.54) is 28.4 Å². The molecule has 0 bridgehead atoms. The quantitative estimate of drug-likeness (QED) is 0.0206. The zero-order valence-electron chi connectivity index (χ0n) is 72.9. The predicted octanol–water partition coefficient (Wildman–Crippen LogP) is 13.1. The minimum Gasteiger partial charge on any atom is -0.497 e. The molecule has 13 rings (SSSR count). The van der Waals surface area contributed by atoms with E-state index < -0.39 is 24.6 Å². The van der Waals surface area contributed by atoms with E-state index in [1.54, 1.807) is 191 Å². The van der Waals surface area contributed by atoms with Crippen LogP contribution in [0.3, 0.4) is 0 Å². The fourth-order valence-corrected chi connectivity index (χ4v) is 15.1. The van der Waals surface area contributed by atoms with Gasteiger partial charge in [0, 0.05) is 104 Å². The van der Waals surface area contributed by atoms with Crippen molar-refractivity contribution in [2.24, 2.45) is 0 Å². The Morgan fingerprint density at radius 3 is 1.15 bits per heavy atom. The van der Waals surface area contributed by atoms with Crippen LogP contribution in [-0.4, -0.2) is 236 Å². The second kappa shape index (κ2) is 42.8. The van der Waals surface area contributed by atoms with E-state index in [4.69, 9.17) is 75.8 Å². The molecule has 0 radical (unpaired) electrons. The second-order valence-corrected chi connectivity index (χ2v) is 28.9. The maximum absolute atomic E-state index is 13.2. The van der Waals surface area contributed by atoms with Crippen molar-refractivity contribution in [1.29, 1.82) is 0 Å². The number of fused-ring (bicyclic) bond motifs is 4. The van der Waals surface area contributed by atoms with Crippen LogP contribution in [0.15, 0.2) is 158 Å². The summed E-state index contributed by atoms with van der Waals surface area (Å²) in [5.41, 5.74) is 8.24. The molecule has 0 aromatic heterocycles. The number of nitrogens with one attached hydrogen (secondary N) is 4. The Labute approximate surface area is 717 Å². The molecule has 31 nitrogen and oxygen atoms in total. The third kappa shape index (κ3) is 21.2. The molecule has 9 aromatic carbocycles. The number of aliphatic hydroxyl groups excluding tert-OH is 3. The maximum atomic E-state index is 13.2. The molecule has 4 aliphatic heterocycles. The predicted molar refractivity (Wildman–Crippen MR) is 466 cm³/mol. The number of amides is 5. The number of carbonyl (C=O) groups is 4. The lowest BCUT2D eigenvalue weighted by molar-refractivity contribution is 0.0592. The first kappa shape index (κ1) is 92.0. The summed E-state index contributed by atoms with van der Waals surface area (Å²) in [6.45, 7) is 8.24. The summed E-state index contributed by atoms with van der Waals surface area (Å²) in [5, 5.41) is 45.6. The zero-order valence-corrected chi connectivity index (χ0v) is 72.9. The van der Waals surface area contributed by atoms with E-state index in [0.29, 0.717) is 176 Å². The molecular weight excluding hydrogens is 1590 g/mol. The van der Waals surface area contributed by atoms with Crippen molar-refractivity contribution < 1.29 is 110 Å². The fraction of sp³-hybridized carbons (Fsp3) is 0.370. The number of urea groups is 1. The molecule has 0 fully saturated rings. The number of nitrogens with zero attached hydrogens (tertiary/aromatic N) is 4. The molecule has 0 aliphatic carbocycles. The highest BCUT2D eigenvalue weighted by Gasteiger charge is 2.41. The molecular formula is C92H112N8O23. The summed E-state index contributed by atoms with van der Waals surface area (Å²) < 4.78 is 86.6. The number of methoxy groups -OCH3 is 15. The molecule has 0 saturated carbocycles. The third-order valence-electron chi connectivity index (χ3n) is 21.8. The smallest absolute Gasteiger partial charge is 0.322 e. The van der Waals surface area contributed by atoms with Gasteiger partial charge in [-0.3, -0.25) is 14.4 Å². The zero-order chi connectivity index (χ0) is 88.9. The molecule has 4 aliphatic rings. The number of anilines is 4. The van der Waals surface area contributed by atoms with Gasteiger partial charge in [-0.15, -0.1) is 0 Å². The van der Waals surface area contributed by atoms with Gasteiger partial charge in [0.25, 0.3) is 17.7 Å². The van der Waals surface area contributed by atoms with Crippen LogP contribution in [0.2, 0.25) is 0 Å². The van der Waals surface area contributed by atoms with Crippen molar-refractivity contribution in [1.82, 2.24) is 19.6 Å². The van der Waals surface area contributed by atoms with Gasteiger partial charge in [-0.2, -0.15) is 0 Å². The molecule has 0 spiro atoms. The lowest BCUT2D eigenvalue weighted by atomic mass is 9.86. The van der Waals surface area contributed by atoms with Crippen LogP contribution in [0.5, 0.6) is 92.0 Å². The number of rotatable bonds is 30. The first-order valence-electron chi connectivity index (χ1n) is 39.6. The molecule has 7 unspecified atom stereocenters. The highest BCUT2D eigenvalue weighted by atomic mass is 16.5. The maximum Gasteiger partial charge on any atom is 0.322 e. The van der Waals surface area contributed by atoms with Gasteiger partial charge >= 0.3 is 6.03 Å². The molecule has 658 valence electrons. The fourth-order valence-electron chi connectivity index (χ4n) is 15.1. The molecule has 0 saturated heterocycles. The van der Waals surface area contributed by atoms with Crippen LogP contribution in [0.25, 0.3) is 0 Å². The number of hydrogen-bond donors (Lipinski definition) is 7. The summed E-state index contributed by atoms with van der Waals surface area (Å²) in [6, 6.07) is 46.4. The first-order valence-corrected chi connectivity index (χ1v) is 39.6. The minimum absolute atomic E-state index is 0.0287. The number of para-hydroxylation sites is 1. The van der Waals surface area contributed by atoms with Gasteiger partial charge in [0.2, 0.25) is 0 Å². The Hall–Kier alpha value is -13.3. The number of carbonyl (C=O) groups excluding carboxylic acids is 4. The Morgan fingerprint density at radius 2 is 0.756 bits per heavy atom. The number of likely N-dealkylation sites (N-methyl/N-ethyl adjacent to an activating group) is 2. The minimum atomic E-state index is -0.992. The molecule has 7 N–H and O–H groups in total. The normalized spacial score (nSPS) is 16.1. The topological polar surface area (TPSA) is 338 Å². The molecule has 123 heavy (non-hydrogen) atoms. The van der Waals surface area contributed by atoms with Gasteiger partial charge < -0.3 is 132 Å². The SMILES string of the molecule is CCN1CC(C(O)Nc2ccc(OC)cc2OC)c2cc(OC)c(OC)cc2C1=O.COc1ccc(NC(O)C2CN(C(C)C)C(=O)c3cc(OC)c(OC)cc32)c(OC)c1.COc1ccc(NC(O)C2CN(C)C(=O)c3cc(OC)c(OC)cc32)c(OC)c1.COc1ccc(OCC2c3cc(OC)c(OC)cc3CCN2C(=O)Nc2ccccc2)cc1. The Bertz CT molecular complexity index is 5100. The van der Waals surface area contributed by atoms with Crippen molar-refractivity contribution in [3.63, 3.8) is 0 Å². The lowest BCUT2D eigenvalue weighted by Gasteiger charge is -2.39. The largest absolute Gasteiger partial charge is 0.497 e. The van der Waals surface area contributed by atoms with Crippen LogP contribution >= 0.6 is 0 Å². The molecule has 9 aromatic rings. The van der Waals surface area contributed by atoms with E-state index in [0.717, 1.165) is 22.6 Å². The van der Waals surface area contributed by atoms with E-state index in [-0.39, 0.29) is 54.3 Å². The van der Waals surface area contributed by atoms with Crippen molar-refractivity contribution in [2.75, 3.05) is 174 Å². The average molecular weight is 1700 g/mol. The summed E-state index contributed by atoms with van der Waals surface area (Å²) in [7, 11) is 25.1. The summed E-state index contributed by atoms with van der Waals surface area (Å²) in [6.07, 6.45) is -2.25. The van der Waals surface area contributed by atoms with Crippen LogP contribution in [0.4, 0.5) is 27.5 Å².